The SMILES string of the molecule is Cc1c(-c2[nH]c3ccc(N4CCC(CC5CCOCC5)CC4)nc3c2C(C)C)cn2ncnc2c1C. The van der Waals surface area contributed by atoms with Gasteiger partial charge in [-0.2, -0.15) is 5.10 Å². The molecule has 0 spiro atoms. The first kappa shape index (κ1) is 23.5. The van der Waals surface area contributed by atoms with Crippen molar-refractivity contribution in [1.82, 2.24) is 24.6 Å². The van der Waals surface area contributed by atoms with Crippen LogP contribution in [0.2, 0.25) is 0 Å². The Morgan fingerprint density at radius 2 is 1.78 bits per heavy atom. The number of piperidine rings is 1. The maximum absolute atomic E-state index is 5.56. The number of fused-ring (bicyclic) bond motifs is 2. The molecule has 2 aliphatic heterocycles. The number of aromatic nitrogens is 5. The van der Waals surface area contributed by atoms with Gasteiger partial charge in [0.25, 0.3) is 0 Å². The van der Waals surface area contributed by atoms with E-state index in [0.717, 1.165) is 71.9 Å². The van der Waals surface area contributed by atoms with Crippen LogP contribution in [0.5, 0.6) is 0 Å². The number of pyridine rings is 2. The Bertz CT molecular complexity index is 1370. The van der Waals surface area contributed by atoms with E-state index < -0.39 is 0 Å². The number of aromatic amines is 1. The molecule has 0 amide bonds. The minimum absolute atomic E-state index is 0.341. The van der Waals surface area contributed by atoms with Gasteiger partial charge in [-0.3, -0.25) is 0 Å². The van der Waals surface area contributed by atoms with Crippen molar-refractivity contribution in [1.29, 1.82) is 0 Å². The smallest absolute Gasteiger partial charge is 0.158 e. The minimum Gasteiger partial charge on any atom is -0.381 e. The number of ether oxygens (including phenoxy) is 1. The molecule has 0 radical (unpaired) electrons. The molecule has 2 saturated heterocycles. The molecule has 0 aliphatic carbocycles. The third-order valence-electron chi connectivity index (χ3n) is 8.58. The summed E-state index contributed by atoms with van der Waals surface area (Å²) >= 11 is 0. The number of aryl methyl sites for hydroxylation is 1. The van der Waals surface area contributed by atoms with Crippen molar-refractivity contribution in [2.75, 3.05) is 31.2 Å². The van der Waals surface area contributed by atoms with Crippen LogP contribution in [0.1, 0.15) is 68.6 Å². The van der Waals surface area contributed by atoms with Gasteiger partial charge in [-0.1, -0.05) is 13.8 Å². The molecule has 4 aromatic heterocycles. The summed E-state index contributed by atoms with van der Waals surface area (Å²) in [6, 6.07) is 4.42. The van der Waals surface area contributed by atoms with Crippen LogP contribution in [0.3, 0.4) is 0 Å². The maximum atomic E-state index is 5.56. The Hall–Kier alpha value is -2.93. The Morgan fingerprint density at radius 3 is 2.53 bits per heavy atom. The Balaban J connectivity index is 1.29. The molecule has 7 nitrogen and oxygen atoms in total. The van der Waals surface area contributed by atoms with Gasteiger partial charge >= 0.3 is 0 Å². The first-order valence-electron chi connectivity index (χ1n) is 13.6. The predicted octanol–water partition coefficient (Wildman–Crippen LogP) is 6.05. The summed E-state index contributed by atoms with van der Waals surface area (Å²) in [4.78, 5) is 15.9. The lowest BCUT2D eigenvalue weighted by Crippen LogP contribution is -2.35. The standard InChI is InChI=1S/C29H38N6O/c1-18(2)26-27(23-16-35-29(30-17-31-35)20(4)19(23)3)32-24-5-6-25(33-28(24)26)34-11-7-21(8-12-34)15-22-9-13-36-14-10-22/h5-6,16-18,21-22,32H,7-15H2,1-4H3. The van der Waals surface area contributed by atoms with Gasteiger partial charge < -0.3 is 14.6 Å². The fourth-order valence-electron chi connectivity index (χ4n) is 6.33. The van der Waals surface area contributed by atoms with Gasteiger partial charge in [0.15, 0.2) is 5.65 Å². The molecule has 1 N–H and O–H groups in total. The molecule has 190 valence electrons. The molecule has 6 heterocycles. The van der Waals surface area contributed by atoms with Crippen molar-refractivity contribution in [2.45, 2.75) is 65.7 Å². The summed E-state index contributed by atoms with van der Waals surface area (Å²) in [5.41, 5.74) is 9.11. The highest BCUT2D eigenvalue weighted by Gasteiger charge is 2.26. The zero-order chi connectivity index (χ0) is 24.8. The van der Waals surface area contributed by atoms with E-state index in [2.05, 4.69) is 66.0 Å². The number of nitrogens with one attached hydrogen (secondary N) is 1. The summed E-state index contributed by atoms with van der Waals surface area (Å²) in [6.45, 7) is 12.9. The molecule has 2 fully saturated rings. The first-order valence-corrected chi connectivity index (χ1v) is 13.6. The molecule has 0 bridgehead atoms. The zero-order valence-electron chi connectivity index (χ0n) is 22.0. The van der Waals surface area contributed by atoms with Gasteiger partial charge in [-0.15, -0.1) is 0 Å². The highest BCUT2D eigenvalue weighted by Crippen LogP contribution is 2.38. The topological polar surface area (TPSA) is 71.3 Å². The van der Waals surface area contributed by atoms with Gasteiger partial charge in [-0.25, -0.2) is 14.5 Å². The monoisotopic (exact) mass is 486 g/mol. The van der Waals surface area contributed by atoms with Crippen molar-refractivity contribution < 1.29 is 4.74 Å². The van der Waals surface area contributed by atoms with Gasteiger partial charge in [-0.05, 0) is 87.0 Å². The summed E-state index contributed by atoms with van der Waals surface area (Å²) in [5.74, 6) is 3.16. The summed E-state index contributed by atoms with van der Waals surface area (Å²) in [5, 5.41) is 4.42. The Kier molecular flexibility index (Phi) is 6.20. The van der Waals surface area contributed by atoms with Crippen LogP contribution in [0.4, 0.5) is 5.82 Å². The normalized spacial score (nSPS) is 18.2. The van der Waals surface area contributed by atoms with Crippen molar-refractivity contribution >= 4 is 22.5 Å². The number of rotatable bonds is 5. The average molecular weight is 487 g/mol. The summed E-state index contributed by atoms with van der Waals surface area (Å²) in [6.07, 6.45) is 10.1. The van der Waals surface area contributed by atoms with E-state index in [1.54, 1.807) is 6.33 Å². The van der Waals surface area contributed by atoms with Gasteiger partial charge in [0.05, 0.1) is 16.7 Å². The lowest BCUT2D eigenvalue weighted by atomic mass is 9.84. The number of hydrogen-bond donors (Lipinski definition) is 1. The molecule has 0 aromatic carbocycles. The zero-order valence-corrected chi connectivity index (χ0v) is 22.0. The summed E-state index contributed by atoms with van der Waals surface area (Å²) in [7, 11) is 0. The van der Waals surface area contributed by atoms with E-state index >= 15 is 0 Å². The molecule has 7 heteroatoms. The highest BCUT2D eigenvalue weighted by molar-refractivity contribution is 5.90. The largest absolute Gasteiger partial charge is 0.381 e. The molecular formula is C29H38N6O. The molecular weight excluding hydrogens is 448 g/mol. The van der Waals surface area contributed by atoms with Crippen molar-refractivity contribution in [3.8, 4) is 11.3 Å². The molecule has 6 rings (SSSR count). The second-order valence-electron chi connectivity index (χ2n) is 11.2. The molecule has 0 atom stereocenters. The second kappa shape index (κ2) is 9.51. The van der Waals surface area contributed by atoms with Crippen molar-refractivity contribution in [3.05, 3.63) is 41.3 Å². The third-order valence-corrected chi connectivity index (χ3v) is 8.58. The lowest BCUT2D eigenvalue weighted by molar-refractivity contribution is 0.0571. The van der Waals surface area contributed by atoms with Gasteiger partial charge in [0.2, 0.25) is 0 Å². The average Bonchev–Trinajstić information content (AvgIpc) is 3.51. The number of anilines is 1. The van der Waals surface area contributed by atoms with Crippen LogP contribution in [-0.2, 0) is 4.74 Å². The van der Waals surface area contributed by atoms with Crippen LogP contribution < -0.4 is 4.90 Å². The number of nitrogens with zero attached hydrogens (tertiary/aromatic N) is 5. The quantitative estimate of drug-likeness (QED) is 0.372. The first-order chi connectivity index (χ1) is 17.5. The molecule has 0 saturated carbocycles. The molecule has 2 aliphatic rings. The van der Waals surface area contributed by atoms with Gasteiger partial charge in [0, 0.05) is 43.6 Å². The fraction of sp³-hybridized carbons (Fsp3) is 0.552. The molecule has 0 unspecified atom stereocenters. The van der Waals surface area contributed by atoms with Crippen LogP contribution in [0.25, 0.3) is 27.9 Å². The van der Waals surface area contributed by atoms with Crippen LogP contribution in [0, 0.1) is 25.7 Å². The maximum Gasteiger partial charge on any atom is 0.158 e. The highest BCUT2D eigenvalue weighted by atomic mass is 16.5. The molecule has 4 aromatic rings. The van der Waals surface area contributed by atoms with E-state index in [0.29, 0.717) is 5.92 Å². The van der Waals surface area contributed by atoms with Crippen molar-refractivity contribution in [3.63, 3.8) is 0 Å². The van der Waals surface area contributed by atoms with E-state index in [4.69, 9.17) is 9.72 Å². The van der Waals surface area contributed by atoms with E-state index in [1.807, 2.05) is 4.52 Å². The summed E-state index contributed by atoms with van der Waals surface area (Å²) < 4.78 is 7.44. The van der Waals surface area contributed by atoms with Crippen LogP contribution >= 0.6 is 0 Å². The number of hydrogen-bond acceptors (Lipinski definition) is 5. The van der Waals surface area contributed by atoms with Crippen LogP contribution in [0.15, 0.2) is 24.7 Å². The van der Waals surface area contributed by atoms with Gasteiger partial charge in [0.1, 0.15) is 12.1 Å². The lowest BCUT2D eigenvalue weighted by Gasteiger charge is -2.35. The minimum atomic E-state index is 0.341. The molecule has 36 heavy (non-hydrogen) atoms. The Morgan fingerprint density at radius 1 is 1.03 bits per heavy atom. The van der Waals surface area contributed by atoms with Crippen LogP contribution in [-0.4, -0.2) is 50.9 Å². The fourth-order valence-corrected chi connectivity index (χ4v) is 6.33. The van der Waals surface area contributed by atoms with Crippen molar-refractivity contribution in [2.24, 2.45) is 11.8 Å². The predicted molar refractivity (Wildman–Crippen MR) is 145 cm³/mol. The third kappa shape index (κ3) is 4.17. The van der Waals surface area contributed by atoms with E-state index in [9.17, 15) is 0 Å². The van der Waals surface area contributed by atoms with E-state index in [1.165, 1.54) is 48.8 Å². The Labute approximate surface area is 213 Å². The number of H-pyrrole nitrogens is 1. The second-order valence-corrected chi connectivity index (χ2v) is 11.2. The van der Waals surface area contributed by atoms with E-state index in [-0.39, 0.29) is 0 Å².